The summed E-state index contributed by atoms with van der Waals surface area (Å²) in [7, 11) is 0. The quantitative estimate of drug-likeness (QED) is 0.497. The van der Waals surface area contributed by atoms with Crippen molar-refractivity contribution in [3.8, 4) is 5.75 Å². The lowest BCUT2D eigenvalue weighted by atomic mass is 10.0. The van der Waals surface area contributed by atoms with E-state index in [4.69, 9.17) is 4.74 Å². The summed E-state index contributed by atoms with van der Waals surface area (Å²) in [5.74, 6) is 1.50. The third-order valence-electron chi connectivity index (χ3n) is 5.39. The molecule has 0 saturated carbocycles. The molecule has 0 aliphatic rings. The van der Waals surface area contributed by atoms with Gasteiger partial charge in [0.05, 0.1) is 24.8 Å². The Bertz CT molecular complexity index is 1090. The Morgan fingerprint density at radius 2 is 2.03 bits per heavy atom. The number of benzene rings is 1. The lowest BCUT2D eigenvalue weighted by Gasteiger charge is -2.32. The van der Waals surface area contributed by atoms with Gasteiger partial charge in [0, 0.05) is 29.6 Å². The number of aliphatic hydroxyl groups excluding tert-OH is 1. The van der Waals surface area contributed by atoms with Crippen LogP contribution in [-0.4, -0.2) is 55.0 Å². The van der Waals surface area contributed by atoms with Gasteiger partial charge < -0.3 is 14.8 Å². The maximum atomic E-state index is 12.9. The number of aliphatic hydroxyl groups is 1. The van der Waals surface area contributed by atoms with Crippen molar-refractivity contribution in [2.24, 2.45) is 0 Å². The second-order valence-corrected chi connectivity index (χ2v) is 8.92. The van der Waals surface area contributed by atoms with Crippen LogP contribution in [0.1, 0.15) is 64.9 Å². The minimum Gasteiger partial charge on any atom is -0.494 e. The molecule has 32 heavy (non-hydrogen) atoms. The average molecular weight is 443 g/mol. The number of pyridine rings is 1. The van der Waals surface area contributed by atoms with Crippen LogP contribution in [-0.2, 0) is 12.1 Å². The zero-order chi connectivity index (χ0) is 23.3. The van der Waals surface area contributed by atoms with Gasteiger partial charge in [-0.1, -0.05) is 13.3 Å². The Kier molecular flexibility index (Phi) is 7.63. The predicted molar refractivity (Wildman–Crippen MR) is 124 cm³/mol. The van der Waals surface area contributed by atoms with Crippen LogP contribution in [0.3, 0.4) is 0 Å². The molecule has 0 bridgehead atoms. The van der Waals surface area contributed by atoms with Gasteiger partial charge in [-0.15, -0.1) is 5.10 Å². The van der Waals surface area contributed by atoms with Gasteiger partial charge in [-0.3, -0.25) is 9.69 Å². The first-order valence-corrected chi connectivity index (χ1v) is 11.2. The molecule has 2 aromatic heterocycles. The SMILES string of the molecule is CCCC(c1nnnn1C(C)(C)C)N(CCO)Cc1cc2cc(OCC)ccc2[nH]c1=O. The van der Waals surface area contributed by atoms with Crippen molar-refractivity contribution >= 4 is 10.9 Å². The summed E-state index contributed by atoms with van der Waals surface area (Å²) in [5.41, 5.74) is 0.953. The molecule has 1 aromatic carbocycles. The molecular formula is C23H34N6O3. The summed E-state index contributed by atoms with van der Waals surface area (Å²) < 4.78 is 7.44. The maximum Gasteiger partial charge on any atom is 0.252 e. The van der Waals surface area contributed by atoms with Crippen molar-refractivity contribution in [3.05, 3.63) is 46.0 Å². The maximum absolute atomic E-state index is 12.9. The number of hydrogen-bond donors (Lipinski definition) is 2. The van der Waals surface area contributed by atoms with Crippen LogP contribution in [0.15, 0.2) is 29.1 Å². The third-order valence-corrected chi connectivity index (χ3v) is 5.39. The van der Waals surface area contributed by atoms with E-state index in [1.807, 2.05) is 35.9 Å². The minimum atomic E-state index is -0.286. The van der Waals surface area contributed by atoms with Crippen molar-refractivity contribution in [3.63, 3.8) is 0 Å². The standard InChI is InChI=1S/C23H34N6O3/c1-6-8-20(21-25-26-27-29(21)23(3,4)5)28(11-12-30)15-17-13-16-14-18(32-7-2)9-10-19(16)24-22(17)31/h9-10,13-14,20,30H,6-8,11-12,15H2,1-5H3,(H,24,31). The summed E-state index contributed by atoms with van der Waals surface area (Å²) in [6.45, 7) is 11.5. The van der Waals surface area contributed by atoms with Crippen molar-refractivity contribution in [1.82, 2.24) is 30.1 Å². The van der Waals surface area contributed by atoms with E-state index in [0.29, 0.717) is 25.3 Å². The van der Waals surface area contributed by atoms with Gasteiger partial charge >= 0.3 is 0 Å². The number of rotatable bonds is 10. The molecule has 2 N–H and O–H groups in total. The number of hydrogen-bond acceptors (Lipinski definition) is 7. The van der Waals surface area contributed by atoms with E-state index in [-0.39, 0.29) is 23.7 Å². The molecule has 0 spiro atoms. The Morgan fingerprint density at radius 3 is 2.69 bits per heavy atom. The molecule has 2 heterocycles. The highest BCUT2D eigenvalue weighted by molar-refractivity contribution is 5.80. The van der Waals surface area contributed by atoms with Gasteiger partial charge in [-0.2, -0.15) is 0 Å². The summed E-state index contributed by atoms with van der Waals surface area (Å²) >= 11 is 0. The summed E-state index contributed by atoms with van der Waals surface area (Å²) in [5, 5.41) is 23.2. The number of nitrogens with one attached hydrogen (secondary N) is 1. The number of H-pyrrole nitrogens is 1. The zero-order valence-corrected chi connectivity index (χ0v) is 19.6. The van der Waals surface area contributed by atoms with Gasteiger partial charge in [0.15, 0.2) is 5.82 Å². The second-order valence-electron chi connectivity index (χ2n) is 8.92. The Hall–Kier alpha value is -2.78. The molecule has 1 atom stereocenters. The Morgan fingerprint density at radius 1 is 1.25 bits per heavy atom. The van der Waals surface area contributed by atoms with Crippen LogP contribution in [0, 0.1) is 0 Å². The fourth-order valence-electron chi connectivity index (χ4n) is 3.92. The zero-order valence-electron chi connectivity index (χ0n) is 19.6. The summed E-state index contributed by atoms with van der Waals surface area (Å²) in [4.78, 5) is 17.9. The third kappa shape index (κ3) is 5.34. The Balaban J connectivity index is 2.00. The first-order chi connectivity index (χ1) is 15.3. The average Bonchev–Trinajstić information content (AvgIpc) is 3.23. The molecule has 0 aliphatic heterocycles. The first kappa shape index (κ1) is 23.9. The molecular weight excluding hydrogens is 408 g/mol. The number of tetrazole rings is 1. The number of ether oxygens (including phenoxy) is 1. The van der Waals surface area contributed by atoms with E-state index >= 15 is 0 Å². The van der Waals surface area contributed by atoms with Crippen LogP contribution < -0.4 is 10.3 Å². The molecule has 9 nitrogen and oxygen atoms in total. The van der Waals surface area contributed by atoms with E-state index in [1.54, 1.807) is 0 Å². The predicted octanol–water partition coefficient (Wildman–Crippen LogP) is 3.00. The smallest absolute Gasteiger partial charge is 0.252 e. The molecule has 0 saturated heterocycles. The highest BCUT2D eigenvalue weighted by atomic mass is 16.5. The number of nitrogens with zero attached hydrogens (tertiary/aromatic N) is 5. The fraction of sp³-hybridized carbons (Fsp3) is 0.565. The van der Waals surface area contributed by atoms with Crippen LogP contribution in [0.25, 0.3) is 10.9 Å². The molecule has 174 valence electrons. The number of fused-ring (bicyclic) bond motifs is 1. The minimum absolute atomic E-state index is 0.0305. The first-order valence-electron chi connectivity index (χ1n) is 11.2. The second kappa shape index (κ2) is 10.2. The molecule has 3 rings (SSSR count). The van der Waals surface area contributed by atoms with Crippen LogP contribution in [0.5, 0.6) is 5.75 Å². The largest absolute Gasteiger partial charge is 0.494 e. The Labute approximate surface area is 188 Å². The van der Waals surface area contributed by atoms with Gasteiger partial charge in [0.2, 0.25) is 0 Å². The summed E-state index contributed by atoms with van der Waals surface area (Å²) in [6.07, 6.45) is 1.71. The molecule has 1 unspecified atom stereocenters. The van der Waals surface area contributed by atoms with Crippen LogP contribution in [0.4, 0.5) is 0 Å². The van der Waals surface area contributed by atoms with Gasteiger partial charge in [0.25, 0.3) is 5.56 Å². The normalized spacial score (nSPS) is 13.1. The molecule has 9 heteroatoms. The van der Waals surface area contributed by atoms with E-state index < -0.39 is 0 Å². The van der Waals surface area contributed by atoms with Crippen LogP contribution in [0.2, 0.25) is 0 Å². The van der Waals surface area contributed by atoms with Gasteiger partial charge in [-0.25, -0.2) is 4.68 Å². The number of aromatic nitrogens is 5. The summed E-state index contributed by atoms with van der Waals surface area (Å²) in [6, 6.07) is 7.40. The van der Waals surface area contributed by atoms with E-state index in [2.05, 4.69) is 53.1 Å². The lowest BCUT2D eigenvalue weighted by molar-refractivity contribution is 0.123. The highest BCUT2D eigenvalue weighted by Gasteiger charge is 2.30. The fourth-order valence-corrected chi connectivity index (χ4v) is 3.92. The molecule has 0 radical (unpaired) electrons. The topological polar surface area (TPSA) is 109 Å². The monoisotopic (exact) mass is 442 g/mol. The highest BCUT2D eigenvalue weighted by Crippen LogP contribution is 2.28. The lowest BCUT2D eigenvalue weighted by Crippen LogP contribution is -2.37. The molecule has 0 amide bonds. The van der Waals surface area contributed by atoms with Gasteiger partial charge in [0.1, 0.15) is 5.75 Å². The van der Waals surface area contributed by atoms with Crippen LogP contribution >= 0.6 is 0 Å². The number of aromatic amines is 1. The van der Waals surface area contributed by atoms with Crippen molar-refractivity contribution in [1.29, 1.82) is 0 Å². The van der Waals surface area contributed by atoms with E-state index in [9.17, 15) is 9.90 Å². The molecule has 0 fully saturated rings. The van der Waals surface area contributed by atoms with Crippen molar-refractivity contribution < 1.29 is 9.84 Å². The van der Waals surface area contributed by atoms with Gasteiger partial charge in [-0.05, 0) is 68.8 Å². The molecule has 3 aromatic rings. The van der Waals surface area contributed by atoms with Crippen molar-refractivity contribution in [2.45, 2.75) is 65.6 Å². The van der Waals surface area contributed by atoms with E-state index in [1.165, 1.54) is 0 Å². The molecule has 0 aliphatic carbocycles. The van der Waals surface area contributed by atoms with E-state index in [0.717, 1.165) is 35.3 Å². The van der Waals surface area contributed by atoms with Crippen molar-refractivity contribution in [2.75, 3.05) is 19.8 Å².